The summed E-state index contributed by atoms with van der Waals surface area (Å²) in [7, 11) is 0. The zero-order valence-corrected chi connectivity index (χ0v) is 7.29. The highest BCUT2D eigenvalue weighted by Crippen LogP contribution is 2.53. The highest BCUT2D eigenvalue weighted by atomic mass is 35.5. The largest absolute Gasteiger partial charge is 0.293 e. The maximum absolute atomic E-state index is 11.5. The van der Waals surface area contributed by atoms with Gasteiger partial charge in [0, 0.05) is 5.92 Å². The molecule has 0 aromatic rings. The molecule has 1 saturated carbocycles. The lowest BCUT2D eigenvalue weighted by molar-refractivity contribution is -0.119. The van der Waals surface area contributed by atoms with Crippen molar-refractivity contribution in [3.63, 3.8) is 0 Å². The highest BCUT2D eigenvalue weighted by Gasteiger charge is 2.50. The lowest BCUT2D eigenvalue weighted by Gasteiger charge is -2.17. The third kappa shape index (κ3) is 0.639. The van der Waals surface area contributed by atoms with Crippen LogP contribution in [0.4, 0.5) is 0 Å². The summed E-state index contributed by atoms with van der Waals surface area (Å²) in [6, 6.07) is 0. The molecule has 2 heteroatoms. The van der Waals surface area contributed by atoms with Crippen LogP contribution in [0.15, 0.2) is 23.3 Å². The van der Waals surface area contributed by atoms with Crippen molar-refractivity contribution >= 4 is 17.4 Å². The van der Waals surface area contributed by atoms with Gasteiger partial charge in [-0.25, -0.2) is 0 Å². The quantitative estimate of drug-likeness (QED) is 0.522. The van der Waals surface area contributed by atoms with E-state index in [1.54, 1.807) is 0 Å². The van der Waals surface area contributed by atoms with Crippen molar-refractivity contribution in [2.45, 2.75) is 6.42 Å². The number of Topliss-reactive ketones (excluding diaryl/α,β-unsaturated/α-hetero) is 1. The first kappa shape index (κ1) is 6.90. The van der Waals surface area contributed by atoms with E-state index in [9.17, 15) is 4.79 Å². The summed E-state index contributed by atoms with van der Waals surface area (Å²) in [6.07, 6.45) is 7.56. The first-order chi connectivity index (χ1) is 5.77. The summed E-state index contributed by atoms with van der Waals surface area (Å²) >= 11 is 5.81. The summed E-state index contributed by atoms with van der Waals surface area (Å²) in [5.74, 6) is 1.89. The van der Waals surface area contributed by atoms with Gasteiger partial charge in [-0.15, -0.1) is 0 Å². The molecule has 0 N–H and O–H groups in total. The smallest absolute Gasteiger partial charge is 0.178 e. The summed E-state index contributed by atoms with van der Waals surface area (Å²) in [5.41, 5.74) is 0. The second kappa shape index (κ2) is 2.02. The van der Waals surface area contributed by atoms with Crippen molar-refractivity contribution in [1.82, 2.24) is 0 Å². The summed E-state index contributed by atoms with van der Waals surface area (Å²) in [5, 5.41) is 0.475. The van der Waals surface area contributed by atoms with Gasteiger partial charge in [-0.3, -0.25) is 4.79 Å². The Bertz CT molecular complexity index is 316. The van der Waals surface area contributed by atoms with Crippen molar-refractivity contribution in [3.05, 3.63) is 23.3 Å². The second-order valence-corrected chi connectivity index (χ2v) is 4.34. The fourth-order valence-electron chi connectivity index (χ4n) is 2.87. The van der Waals surface area contributed by atoms with Crippen LogP contribution in [-0.2, 0) is 4.79 Å². The maximum atomic E-state index is 11.5. The van der Waals surface area contributed by atoms with Crippen molar-refractivity contribution < 1.29 is 4.79 Å². The van der Waals surface area contributed by atoms with Crippen molar-refractivity contribution in [3.8, 4) is 0 Å². The van der Waals surface area contributed by atoms with Crippen LogP contribution in [0.25, 0.3) is 0 Å². The van der Waals surface area contributed by atoms with Crippen LogP contribution >= 0.6 is 11.6 Å². The van der Waals surface area contributed by atoms with Gasteiger partial charge in [0.05, 0.1) is 5.03 Å². The van der Waals surface area contributed by atoms with Gasteiger partial charge in [0.1, 0.15) is 0 Å². The number of carbonyl (C=O) groups is 1. The number of rotatable bonds is 0. The molecule has 0 radical (unpaired) electrons. The Hall–Kier alpha value is -0.560. The summed E-state index contributed by atoms with van der Waals surface area (Å²) in [4.78, 5) is 11.5. The molecule has 0 aromatic heterocycles. The summed E-state index contributed by atoms with van der Waals surface area (Å²) < 4.78 is 0. The van der Waals surface area contributed by atoms with Crippen molar-refractivity contribution in [2.75, 3.05) is 0 Å². The molecule has 0 heterocycles. The monoisotopic (exact) mass is 180 g/mol. The van der Waals surface area contributed by atoms with E-state index in [4.69, 9.17) is 11.6 Å². The van der Waals surface area contributed by atoms with Crippen LogP contribution in [-0.4, -0.2) is 5.78 Å². The fraction of sp³-hybridized carbons (Fsp3) is 0.500. The Kier molecular flexibility index (Phi) is 1.16. The van der Waals surface area contributed by atoms with Crippen molar-refractivity contribution in [2.24, 2.45) is 23.7 Å². The molecule has 0 aliphatic heterocycles. The fourth-order valence-corrected chi connectivity index (χ4v) is 3.14. The van der Waals surface area contributed by atoms with Crippen LogP contribution in [0, 0.1) is 23.7 Å². The Balaban J connectivity index is 2.07. The second-order valence-electron chi connectivity index (χ2n) is 3.93. The zero-order valence-electron chi connectivity index (χ0n) is 6.53. The molecule has 3 rings (SSSR count). The van der Waals surface area contributed by atoms with E-state index in [0.29, 0.717) is 22.8 Å². The Morgan fingerprint density at radius 2 is 2.08 bits per heavy atom. The Morgan fingerprint density at radius 3 is 2.83 bits per heavy atom. The van der Waals surface area contributed by atoms with Crippen LogP contribution in [0.1, 0.15) is 6.42 Å². The molecular formula is C10H9ClO. The van der Waals surface area contributed by atoms with Gasteiger partial charge in [-0.2, -0.15) is 0 Å². The molecular weight excluding hydrogens is 172 g/mol. The third-order valence-electron chi connectivity index (χ3n) is 3.40. The first-order valence-corrected chi connectivity index (χ1v) is 4.75. The van der Waals surface area contributed by atoms with E-state index >= 15 is 0 Å². The molecule has 62 valence electrons. The molecule has 12 heavy (non-hydrogen) atoms. The molecule has 3 aliphatic rings. The normalized spacial score (nSPS) is 48.4. The molecule has 0 aromatic carbocycles. The number of hydrogen-bond acceptors (Lipinski definition) is 1. The number of ketones is 1. The molecule has 1 fully saturated rings. The molecule has 3 aliphatic carbocycles. The number of hydrogen-bond donors (Lipinski definition) is 0. The minimum atomic E-state index is 0.179. The van der Waals surface area contributed by atoms with E-state index in [1.165, 1.54) is 6.42 Å². The van der Waals surface area contributed by atoms with Gasteiger partial charge in [-0.05, 0) is 24.2 Å². The van der Waals surface area contributed by atoms with Crippen molar-refractivity contribution in [1.29, 1.82) is 0 Å². The van der Waals surface area contributed by atoms with Gasteiger partial charge >= 0.3 is 0 Å². The SMILES string of the molecule is O=C1C(Cl)=CC2C3C=CC(C3)C12. The molecule has 1 nitrogen and oxygen atoms in total. The number of allylic oxidation sites excluding steroid dienone is 4. The average Bonchev–Trinajstić information content (AvgIpc) is 2.66. The minimum absolute atomic E-state index is 0.179. The third-order valence-corrected chi connectivity index (χ3v) is 3.71. The maximum Gasteiger partial charge on any atom is 0.178 e. The highest BCUT2D eigenvalue weighted by molar-refractivity contribution is 6.43. The van der Waals surface area contributed by atoms with E-state index in [1.807, 2.05) is 6.08 Å². The van der Waals surface area contributed by atoms with Gasteiger partial charge < -0.3 is 0 Å². The van der Waals surface area contributed by atoms with E-state index < -0.39 is 0 Å². The van der Waals surface area contributed by atoms with Crippen LogP contribution in [0.2, 0.25) is 0 Å². The topological polar surface area (TPSA) is 17.1 Å². The van der Waals surface area contributed by atoms with E-state index in [0.717, 1.165) is 0 Å². The van der Waals surface area contributed by atoms with E-state index in [2.05, 4.69) is 12.2 Å². The lowest BCUT2D eigenvalue weighted by atomic mass is 9.85. The van der Waals surface area contributed by atoms with Gasteiger partial charge in [0.15, 0.2) is 5.78 Å². The lowest BCUT2D eigenvalue weighted by Crippen LogP contribution is -2.20. The summed E-state index contributed by atoms with van der Waals surface area (Å²) in [6.45, 7) is 0. The van der Waals surface area contributed by atoms with Gasteiger partial charge in [0.25, 0.3) is 0 Å². The van der Waals surface area contributed by atoms with Crippen LogP contribution < -0.4 is 0 Å². The molecule has 4 unspecified atom stereocenters. The predicted octanol–water partition coefficient (Wildman–Crippen LogP) is 2.13. The average molecular weight is 181 g/mol. The van der Waals surface area contributed by atoms with Gasteiger partial charge in [0.2, 0.25) is 0 Å². The zero-order chi connectivity index (χ0) is 8.29. The standard InChI is InChI=1S/C10H9ClO/c11-8-4-7-5-1-2-6(3-5)9(7)10(8)12/h1-2,4-7,9H,3H2. The number of carbonyl (C=O) groups excluding carboxylic acids is 1. The molecule has 0 amide bonds. The minimum Gasteiger partial charge on any atom is -0.293 e. The first-order valence-electron chi connectivity index (χ1n) is 4.37. The molecule has 2 bridgehead atoms. The Labute approximate surface area is 76.1 Å². The van der Waals surface area contributed by atoms with E-state index in [-0.39, 0.29) is 11.7 Å². The van der Waals surface area contributed by atoms with Gasteiger partial charge in [-0.1, -0.05) is 29.8 Å². The predicted molar refractivity (Wildman–Crippen MR) is 46.7 cm³/mol. The number of fused-ring (bicyclic) bond motifs is 5. The number of halogens is 1. The molecule has 4 atom stereocenters. The van der Waals surface area contributed by atoms with Crippen LogP contribution in [0.3, 0.4) is 0 Å². The Morgan fingerprint density at radius 1 is 1.33 bits per heavy atom. The van der Waals surface area contributed by atoms with Crippen LogP contribution in [0.5, 0.6) is 0 Å². The molecule has 0 spiro atoms. The molecule has 0 saturated heterocycles.